The van der Waals surface area contributed by atoms with Crippen molar-refractivity contribution < 1.29 is 9.18 Å². The molecule has 1 amide bonds. The van der Waals surface area contributed by atoms with Crippen molar-refractivity contribution in [1.82, 2.24) is 15.5 Å². The highest BCUT2D eigenvalue weighted by atomic mass is 79.9. The molecule has 0 fully saturated rings. The summed E-state index contributed by atoms with van der Waals surface area (Å²) in [6.45, 7) is 6.23. The maximum Gasteiger partial charge on any atom is 0.240 e. The lowest BCUT2D eigenvalue weighted by Gasteiger charge is -2.25. The number of carbonyl (C=O) groups is 1. The number of nitrogens with zero attached hydrogens (tertiary/aromatic N) is 2. The van der Waals surface area contributed by atoms with Gasteiger partial charge < -0.3 is 15.5 Å². The fourth-order valence-corrected chi connectivity index (χ4v) is 2.31. The molecule has 0 saturated carbocycles. The summed E-state index contributed by atoms with van der Waals surface area (Å²) in [6, 6.07) is 4.90. The van der Waals surface area contributed by atoms with E-state index in [0.717, 1.165) is 0 Å². The van der Waals surface area contributed by atoms with Gasteiger partial charge in [-0.1, -0.05) is 22.0 Å². The number of rotatable bonds is 4. The molecule has 0 saturated heterocycles. The smallest absolute Gasteiger partial charge is 0.240 e. The van der Waals surface area contributed by atoms with E-state index in [9.17, 15) is 9.18 Å². The largest absolute Gasteiger partial charge is 0.352 e. The summed E-state index contributed by atoms with van der Waals surface area (Å²) in [6.07, 6.45) is 0. The Morgan fingerprint density at radius 2 is 2.04 bits per heavy atom. The third-order valence-electron chi connectivity index (χ3n) is 2.92. The molecular weight excluding hydrogens is 363 g/mol. The number of guanidine groups is 1. The van der Waals surface area contributed by atoms with E-state index in [1.54, 1.807) is 31.1 Å². The van der Waals surface area contributed by atoms with Crippen LogP contribution in [0.15, 0.2) is 27.7 Å². The lowest BCUT2D eigenvalue weighted by atomic mass is 10.1. The molecule has 0 aliphatic rings. The molecular formula is C16H24BrFN4O. The number of halogens is 2. The molecule has 1 rings (SSSR count). The van der Waals surface area contributed by atoms with Crippen LogP contribution in [0.4, 0.5) is 4.39 Å². The SMILES string of the molecule is CN=C(NCc1ccc(Br)cc1F)N(C)CC(=O)NC(C)(C)C. The van der Waals surface area contributed by atoms with Gasteiger partial charge in [0, 0.05) is 36.2 Å². The fraction of sp³-hybridized carbons (Fsp3) is 0.500. The van der Waals surface area contributed by atoms with Crippen molar-refractivity contribution in [2.75, 3.05) is 20.6 Å². The summed E-state index contributed by atoms with van der Waals surface area (Å²) in [4.78, 5) is 17.8. The van der Waals surface area contributed by atoms with E-state index >= 15 is 0 Å². The van der Waals surface area contributed by atoms with Gasteiger partial charge in [0.15, 0.2) is 5.96 Å². The van der Waals surface area contributed by atoms with E-state index in [-0.39, 0.29) is 30.4 Å². The lowest BCUT2D eigenvalue weighted by molar-refractivity contribution is -0.122. The van der Waals surface area contributed by atoms with E-state index in [4.69, 9.17) is 0 Å². The van der Waals surface area contributed by atoms with Crippen LogP contribution in [-0.2, 0) is 11.3 Å². The van der Waals surface area contributed by atoms with Gasteiger partial charge in [-0.3, -0.25) is 9.79 Å². The Balaban J connectivity index is 2.61. The summed E-state index contributed by atoms with van der Waals surface area (Å²) in [5.74, 6) is 0.129. The minimum Gasteiger partial charge on any atom is -0.352 e. The number of amides is 1. The van der Waals surface area contributed by atoms with Crippen LogP contribution in [0, 0.1) is 5.82 Å². The first-order chi connectivity index (χ1) is 10.6. The van der Waals surface area contributed by atoms with Crippen molar-refractivity contribution in [1.29, 1.82) is 0 Å². The van der Waals surface area contributed by atoms with Crippen LogP contribution in [0.5, 0.6) is 0 Å². The number of carbonyl (C=O) groups excluding carboxylic acids is 1. The number of hydrogen-bond donors (Lipinski definition) is 2. The van der Waals surface area contributed by atoms with Gasteiger partial charge in [-0.05, 0) is 32.9 Å². The summed E-state index contributed by atoms with van der Waals surface area (Å²) in [5.41, 5.74) is 0.247. The Morgan fingerprint density at radius 1 is 1.39 bits per heavy atom. The van der Waals surface area contributed by atoms with Gasteiger partial charge in [0.25, 0.3) is 0 Å². The maximum absolute atomic E-state index is 13.8. The molecule has 0 unspecified atom stereocenters. The van der Waals surface area contributed by atoms with E-state index in [1.807, 2.05) is 20.8 Å². The van der Waals surface area contributed by atoms with Gasteiger partial charge in [0.05, 0.1) is 6.54 Å². The van der Waals surface area contributed by atoms with E-state index < -0.39 is 0 Å². The predicted molar refractivity (Wildman–Crippen MR) is 94.8 cm³/mol. The molecule has 0 radical (unpaired) electrons. The fourth-order valence-electron chi connectivity index (χ4n) is 1.97. The van der Waals surface area contributed by atoms with Crippen molar-refractivity contribution in [3.8, 4) is 0 Å². The second-order valence-electron chi connectivity index (χ2n) is 6.29. The number of hydrogen-bond acceptors (Lipinski definition) is 2. The Morgan fingerprint density at radius 3 is 2.57 bits per heavy atom. The molecule has 0 aromatic heterocycles. The topological polar surface area (TPSA) is 56.7 Å². The molecule has 0 aliphatic heterocycles. The van der Waals surface area contributed by atoms with Crippen LogP contribution >= 0.6 is 15.9 Å². The van der Waals surface area contributed by atoms with Crippen molar-refractivity contribution in [3.63, 3.8) is 0 Å². The summed E-state index contributed by atoms with van der Waals surface area (Å²) in [5, 5.41) is 5.94. The van der Waals surface area contributed by atoms with Crippen LogP contribution < -0.4 is 10.6 Å². The molecule has 0 aliphatic carbocycles. The molecule has 1 aromatic rings. The van der Waals surface area contributed by atoms with Gasteiger partial charge in [-0.25, -0.2) is 4.39 Å². The number of likely N-dealkylation sites (N-methyl/N-ethyl adjacent to an activating group) is 1. The summed E-state index contributed by atoms with van der Waals surface area (Å²) in [7, 11) is 3.38. The van der Waals surface area contributed by atoms with Gasteiger partial charge in [-0.2, -0.15) is 0 Å². The van der Waals surface area contributed by atoms with Crippen LogP contribution in [0.2, 0.25) is 0 Å². The van der Waals surface area contributed by atoms with Gasteiger partial charge in [0.1, 0.15) is 5.82 Å². The van der Waals surface area contributed by atoms with Crippen LogP contribution in [0.25, 0.3) is 0 Å². The molecule has 0 bridgehead atoms. The second kappa shape index (κ2) is 8.29. The number of aliphatic imine (C=N–C) groups is 1. The quantitative estimate of drug-likeness (QED) is 0.617. The Hall–Kier alpha value is -1.63. The molecule has 2 N–H and O–H groups in total. The average molecular weight is 387 g/mol. The van der Waals surface area contributed by atoms with Gasteiger partial charge in [-0.15, -0.1) is 0 Å². The first-order valence-corrected chi connectivity index (χ1v) is 8.08. The molecule has 23 heavy (non-hydrogen) atoms. The van der Waals surface area contributed by atoms with E-state index in [2.05, 4.69) is 31.6 Å². The lowest BCUT2D eigenvalue weighted by Crippen LogP contribution is -2.48. The maximum atomic E-state index is 13.8. The average Bonchev–Trinajstić information content (AvgIpc) is 2.39. The van der Waals surface area contributed by atoms with Gasteiger partial charge >= 0.3 is 0 Å². The van der Waals surface area contributed by atoms with Crippen molar-refractivity contribution in [2.45, 2.75) is 32.9 Å². The van der Waals surface area contributed by atoms with Crippen molar-refractivity contribution >= 4 is 27.8 Å². The Bertz CT molecular complexity index is 584. The number of nitrogens with one attached hydrogen (secondary N) is 2. The zero-order valence-corrected chi connectivity index (χ0v) is 15.8. The highest BCUT2D eigenvalue weighted by Crippen LogP contribution is 2.15. The monoisotopic (exact) mass is 386 g/mol. The predicted octanol–water partition coefficient (Wildman–Crippen LogP) is 2.51. The number of benzene rings is 1. The minimum absolute atomic E-state index is 0.0993. The van der Waals surface area contributed by atoms with Crippen LogP contribution in [0.1, 0.15) is 26.3 Å². The standard InChI is InChI=1S/C16H24BrFN4O/c1-16(2,3)21-14(23)10-22(5)15(19-4)20-9-11-6-7-12(17)8-13(11)18/h6-8H,9-10H2,1-5H3,(H,19,20)(H,21,23). The zero-order valence-electron chi connectivity index (χ0n) is 14.2. The van der Waals surface area contributed by atoms with E-state index in [0.29, 0.717) is 16.0 Å². The third kappa shape index (κ3) is 6.99. The molecule has 0 spiro atoms. The Labute approximate surface area is 145 Å². The van der Waals surface area contributed by atoms with Crippen LogP contribution in [0.3, 0.4) is 0 Å². The summed E-state index contributed by atoms with van der Waals surface area (Å²) < 4.78 is 14.5. The first kappa shape index (κ1) is 19.4. The van der Waals surface area contributed by atoms with Crippen molar-refractivity contribution in [2.24, 2.45) is 4.99 Å². The highest BCUT2D eigenvalue weighted by Gasteiger charge is 2.16. The molecule has 5 nitrogen and oxygen atoms in total. The second-order valence-corrected chi connectivity index (χ2v) is 7.21. The molecule has 1 aromatic carbocycles. The normalized spacial score (nSPS) is 12.0. The first-order valence-electron chi connectivity index (χ1n) is 7.29. The summed E-state index contributed by atoms with van der Waals surface area (Å²) >= 11 is 3.23. The molecule has 7 heteroatoms. The molecule has 0 heterocycles. The third-order valence-corrected chi connectivity index (χ3v) is 3.41. The van der Waals surface area contributed by atoms with E-state index in [1.165, 1.54) is 6.07 Å². The van der Waals surface area contributed by atoms with Crippen molar-refractivity contribution in [3.05, 3.63) is 34.1 Å². The van der Waals surface area contributed by atoms with Crippen LogP contribution in [-0.4, -0.2) is 42.9 Å². The molecule has 0 atom stereocenters. The molecule has 128 valence electrons. The minimum atomic E-state index is -0.296. The Kier molecular flexibility index (Phi) is 7.00. The van der Waals surface area contributed by atoms with Gasteiger partial charge in [0.2, 0.25) is 5.91 Å². The highest BCUT2D eigenvalue weighted by molar-refractivity contribution is 9.10. The zero-order chi connectivity index (χ0) is 17.6.